The molecule has 0 aromatic carbocycles. The first-order chi connectivity index (χ1) is 7.32. The summed E-state index contributed by atoms with van der Waals surface area (Å²) in [6.45, 7) is 9.56. The van der Waals surface area contributed by atoms with Crippen molar-refractivity contribution in [2.24, 2.45) is 5.73 Å². The molecule has 2 N–H and O–H groups in total. The molecule has 0 aromatic rings. The van der Waals surface area contributed by atoms with E-state index in [-0.39, 0.29) is 11.7 Å². The van der Waals surface area contributed by atoms with E-state index in [4.69, 9.17) is 15.2 Å². The van der Waals surface area contributed by atoms with E-state index in [1.807, 2.05) is 27.7 Å². The molecule has 1 fully saturated rings. The van der Waals surface area contributed by atoms with E-state index >= 15 is 0 Å². The number of ether oxygens (including phenoxy) is 2. The summed E-state index contributed by atoms with van der Waals surface area (Å²) in [4.78, 5) is 13.3. The number of carbonyl (C=O) groups is 1. The van der Waals surface area contributed by atoms with Gasteiger partial charge in [0.15, 0.2) is 0 Å². The molecular weight excluding hydrogens is 208 g/mol. The maximum atomic E-state index is 11.7. The molecule has 1 amide bonds. The Morgan fingerprint density at radius 1 is 1.44 bits per heavy atom. The van der Waals surface area contributed by atoms with Crippen LogP contribution in [0.15, 0.2) is 0 Å². The highest BCUT2D eigenvalue weighted by molar-refractivity contribution is 5.69. The molecule has 1 aliphatic rings. The molecule has 0 bridgehead atoms. The Balaban J connectivity index is 2.42. The van der Waals surface area contributed by atoms with Crippen molar-refractivity contribution in [3.63, 3.8) is 0 Å². The van der Waals surface area contributed by atoms with Crippen molar-refractivity contribution in [2.75, 3.05) is 26.2 Å². The van der Waals surface area contributed by atoms with Gasteiger partial charge in [-0.25, -0.2) is 4.79 Å². The first kappa shape index (κ1) is 13.3. The quantitative estimate of drug-likeness (QED) is 0.784. The molecule has 0 atom stereocenters. The van der Waals surface area contributed by atoms with Crippen LogP contribution in [-0.4, -0.2) is 48.4 Å². The SMILES string of the molecule is CCOC1(CN)CN(C(=O)OC(C)(C)C)C1. The van der Waals surface area contributed by atoms with E-state index in [0.29, 0.717) is 26.2 Å². The molecule has 94 valence electrons. The molecule has 1 rings (SSSR count). The third-order valence-corrected chi connectivity index (χ3v) is 2.43. The number of hydrogen-bond donors (Lipinski definition) is 1. The number of nitrogens with zero attached hydrogens (tertiary/aromatic N) is 1. The molecule has 5 heteroatoms. The fraction of sp³-hybridized carbons (Fsp3) is 0.909. The molecule has 5 nitrogen and oxygen atoms in total. The highest BCUT2D eigenvalue weighted by Gasteiger charge is 2.46. The Bertz CT molecular complexity index is 254. The number of nitrogens with two attached hydrogens (primary N) is 1. The summed E-state index contributed by atoms with van der Waals surface area (Å²) in [5.74, 6) is 0. The second-order valence-electron chi connectivity index (χ2n) is 5.16. The number of rotatable bonds is 3. The van der Waals surface area contributed by atoms with E-state index in [1.165, 1.54) is 0 Å². The molecule has 0 saturated carbocycles. The van der Waals surface area contributed by atoms with Gasteiger partial charge in [0.2, 0.25) is 0 Å². The van der Waals surface area contributed by atoms with Gasteiger partial charge in [0.05, 0.1) is 13.1 Å². The van der Waals surface area contributed by atoms with E-state index in [0.717, 1.165) is 0 Å². The van der Waals surface area contributed by atoms with Gasteiger partial charge < -0.3 is 20.1 Å². The molecule has 0 radical (unpaired) electrons. The first-order valence-electron chi connectivity index (χ1n) is 5.64. The monoisotopic (exact) mass is 230 g/mol. The van der Waals surface area contributed by atoms with E-state index in [9.17, 15) is 4.79 Å². The zero-order valence-corrected chi connectivity index (χ0v) is 10.6. The maximum absolute atomic E-state index is 11.7. The predicted molar refractivity (Wildman–Crippen MR) is 61.2 cm³/mol. The van der Waals surface area contributed by atoms with Crippen LogP contribution in [0.25, 0.3) is 0 Å². The number of likely N-dealkylation sites (tertiary alicyclic amines) is 1. The Labute approximate surface area is 96.9 Å². The van der Waals surface area contributed by atoms with Crippen molar-refractivity contribution in [2.45, 2.75) is 38.9 Å². The summed E-state index contributed by atoms with van der Waals surface area (Å²) in [6, 6.07) is 0. The summed E-state index contributed by atoms with van der Waals surface area (Å²) in [5.41, 5.74) is 4.83. The van der Waals surface area contributed by atoms with Crippen molar-refractivity contribution in [3.8, 4) is 0 Å². The molecule has 0 aliphatic carbocycles. The minimum absolute atomic E-state index is 0.295. The lowest BCUT2D eigenvalue weighted by atomic mass is 9.94. The van der Waals surface area contributed by atoms with E-state index in [1.54, 1.807) is 4.90 Å². The predicted octanol–water partition coefficient (Wildman–Crippen LogP) is 0.971. The largest absolute Gasteiger partial charge is 0.444 e. The van der Waals surface area contributed by atoms with Gasteiger partial charge in [-0.05, 0) is 27.7 Å². The van der Waals surface area contributed by atoms with Crippen LogP contribution in [0.5, 0.6) is 0 Å². The summed E-state index contributed by atoms with van der Waals surface area (Å²) < 4.78 is 10.8. The normalized spacial score (nSPS) is 19.2. The van der Waals surface area contributed by atoms with Crippen LogP contribution in [0.1, 0.15) is 27.7 Å². The number of amides is 1. The van der Waals surface area contributed by atoms with Gasteiger partial charge in [0, 0.05) is 13.2 Å². The Hall–Kier alpha value is -0.810. The van der Waals surface area contributed by atoms with Crippen molar-refractivity contribution in [1.29, 1.82) is 0 Å². The number of hydrogen-bond acceptors (Lipinski definition) is 4. The van der Waals surface area contributed by atoms with Crippen molar-refractivity contribution >= 4 is 6.09 Å². The summed E-state index contributed by atoms with van der Waals surface area (Å²) in [6.07, 6.45) is -0.295. The van der Waals surface area contributed by atoms with Crippen LogP contribution in [0.3, 0.4) is 0 Å². The van der Waals surface area contributed by atoms with Crippen LogP contribution in [0.4, 0.5) is 4.79 Å². The molecule has 0 spiro atoms. The fourth-order valence-electron chi connectivity index (χ4n) is 1.69. The van der Waals surface area contributed by atoms with Crippen LogP contribution >= 0.6 is 0 Å². The van der Waals surface area contributed by atoms with Gasteiger partial charge >= 0.3 is 6.09 Å². The number of carbonyl (C=O) groups excluding carboxylic acids is 1. The smallest absolute Gasteiger partial charge is 0.410 e. The minimum Gasteiger partial charge on any atom is -0.444 e. The van der Waals surface area contributed by atoms with Gasteiger partial charge in [-0.15, -0.1) is 0 Å². The molecular formula is C11H22N2O3. The van der Waals surface area contributed by atoms with Crippen LogP contribution in [0, 0.1) is 0 Å². The topological polar surface area (TPSA) is 64.8 Å². The summed E-state index contributed by atoms with van der Waals surface area (Å²) >= 11 is 0. The van der Waals surface area contributed by atoms with Crippen LogP contribution in [0.2, 0.25) is 0 Å². The molecule has 1 saturated heterocycles. The van der Waals surface area contributed by atoms with Crippen LogP contribution in [-0.2, 0) is 9.47 Å². The highest BCUT2D eigenvalue weighted by atomic mass is 16.6. The van der Waals surface area contributed by atoms with Crippen LogP contribution < -0.4 is 5.73 Å². The van der Waals surface area contributed by atoms with Gasteiger partial charge in [0.25, 0.3) is 0 Å². The molecule has 1 heterocycles. The lowest BCUT2D eigenvalue weighted by molar-refractivity contribution is -0.130. The maximum Gasteiger partial charge on any atom is 0.410 e. The van der Waals surface area contributed by atoms with E-state index in [2.05, 4.69) is 0 Å². The standard InChI is InChI=1S/C11H22N2O3/c1-5-15-11(6-12)7-13(8-11)9(14)16-10(2,3)4/h5-8,12H2,1-4H3. The van der Waals surface area contributed by atoms with E-state index < -0.39 is 5.60 Å². The summed E-state index contributed by atoms with van der Waals surface area (Å²) in [7, 11) is 0. The van der Waals surface area contributed by atoms with Crippen molar-refractivity contribution in [1.82, 2.24) is 4.90 Å². The molecule has 0 unspecified atom stereocenters. The van der Waals surface area contributed by atoms with Gasteiger partial charge in [-0.2, -0.15) is 0 Å². The average Bonchev–Trinajstić information content (AvgIpc) is 2.07. The molecule has 16 heavy (non-hydrogen) atoms. The highest BCUT2D eigenvalue weighted by Crippen LogP contribution is 2.26. The first-order valence-corrected chi connectivity index (χ1v) is 5.64. The summed E-state index contributed by atoms with van der Waals surface area (Å²) in [5, 5.41) is 0. The lowest BCUT2D eigenvalue weighted by Gasteiger charge is -2.48. The van der Waals surface area contributed by atoms with Gasteiger partial charge in [0.1, 0.15) is 11.2 Å². The third kappa shape index (κ3) is 3.09. The van der Waals surface area contributed by atoms with Crippen molar-refractivity contribution in [3.05, 3.63) is 0 Å². The average molecular weight is 230 g/mol. The third-order valence-electron chi connectivity index (χ3n) is 2.43. The second kappa shape index (κ2) is 4.59. The second-order valence-corrected chi connectivity index (χ2v) is 5.16. The Morgan fingerprint density at radius 2 is 2.00 bits per heavy atom. The zero-order valence-electron chi connectivity index (χ0n) is 10.6. The fourth-order valence-corrected chi connectivity index (χ4v) is 1.69. The van der Waals surface area contributed by atoms with Crippen molar-refractivity contribution < 1.29 is 14.3 Å². The molecule has 1 aliphatic heterocycles. The Kier molecular flexibility index (Phi) is 3.80. The van der Waals surface area contributed by atoms with Gasteiger partial charge in [-0.1, -0.05) is 0 Å². The minimum atomic E-state index is -0.455. The molecule has 0 aromatic heterocycles. The van der Waals surface area contributed by atoms with Gasteiger partial charge in [-0.3, -0.25) is 0 Å². The zero-order chi connectivity index (χ0) is 12.4. The lowest BCUT2D eigenvalue weighted by Crippen LogP contribution is -2.68. The Morgan fingerprint density at radius 3 is 2.38 bits per heavy atom.